The third kappa shape index (κ3) is 4.83. The summed E-state index contributed by atoms with van der Waals surface area (Å²) < 4.78 is 13.7. The van der Waals surface area contributed by atoms with E-state index in [1.54, 1.807) is 25.5 Å². The van der Waals surface area contributed by atoms with Gasteiger partial charge in [-0.15, -0.1) is 0 Å². The number of fused-ring (bicyclic) bond motifs is 1. The number of carbonyl (C=O) groups is 1. The van der Waals surface area contributed by atoms with Crippen molar-refractivity contribution in [3.05, 3.63) is 89.0 Å². The van der Waals surface area contributed by atoms with Gasteiger partial charge in [-0.2, -0.15) is 0 Å². The summed E-state index contributed by atoms with van der Waals surface area (Å²) in [5, 5.41) is 0. The third-order valence-electron chi connectivity index (χ3n) is 5.70. The number of aromatic nitrogens is 1. The zero-order valence-electron chi connectivity index (χ0n) is 20.2. The van der Waals surface area contributed by atoms with E-state index in [1.807, 2.05) is 67.5 Å². The topological polar surface area (TPSA) is 73.1 Å². The number of hydrogen-bond acceptors (Lipinski definition) is 7. The molecule has 0 bridgehead atoms. The average Bonchev–Trinajstić information content (AvgIpc) is 3.12. The number of esters is 1. The summed E-state index contributed by atoms with van der Waals surface area (Å²) in [6.45, 7) is 3.76. The van der Waals surface area contributed by atoms with Crippen LogP contribution in [0.15, 0.2) is 68.0 Å². The molecule has 0 unspecified atom stereocenters. The van der Waals surface area contributed by atoms with Gasteiger partial charge in [0, 0.05) is 18.6 Å². The molecule has 2 heterocycles. The molecule has 7 nitrogen and oxygen atoms in total. The van der Waals surface area contributed by atoms with Crippen LogP contribution in [0.25, 0.3) is 6.08 Å². The Labute approximate surface area is 215 Å². The van der Waals surface area contributed by atoms with E-state index in [0.29, 0.717) is 26.4 Å². The number of methoxy groups -OCH3 is 1. The van der Waals surface area contributed by atoms with Crippen LogP contribution < -0.4 is 24.5 Å². The highest BCUT2D eigenvalue weighted by Crippen LogP contribution is 2.31. The number of hydrogen-bond donors (Lipinski definition) is 0. The van der Waals surface area contributed by atoms with E-state index in [-0.39, 0.29) is 12.2 Å². The summed E-state index contributed by atoms with van der Waals surface area (Å²) in [4.78, 5) is 33.8. The first-order chi connectivity index (χ1) is 16.7. The molecule has 0 spiro atoms. The molecule has 2 aromatic carbocycles. The number of anilines is 1. The molecule has 0 N–H and O–H groups in total. The minimum Gasteiger partial charge on any atom is -0.497 e. The Balaban J connectivity index is 1.90. The van der Waals surface area contributed by atoms with Crippen LogP contribution in [-0.2, 0) is 9.53 Å². The first-order valence-electron chi connectivity index (χ1n) is 11.1. The Bertz CT molecular complexity index is 1490. The Hall–Kier alpha value is -3.17. The van der Waals surface area contributed by atoms with E-state index in [0.717, 1.165) is 21.3 Å². The van der Waals surface area contributed by atoms with Crippen LogP contribution in [0.4, 0.5) is 5.69 Å². The molecule has 1 aliphatic rings. The lowest BCUT2D eigenvalue weighted by atomic mass is 9.96. The molecule has 0 aliphatic carbocycles. The van der Waals surface area contributed by atoms with E-state index in [2.05, 4.69) is 20.9 Å². The number of benzene rings is 2. The van der Waals surface area contributed by atoms with Crippen LogP contribution in [0.1, 0.15) is 31.0 Å². The fourth-order valence-electron chi connectivity index (χ4n) is 4.02. The molecule has 0 saturated carbocycles. The van der Waals surface area contributed by atoms with Gasteiger partial charge in [-0.3, -0.25) is 9.36 Å². The third-order valence-corrected chi connectivity index (χ3v) is 7.32. The summed E-state index contributed by atoms with van der Waals surface area (Å²) in [5.74, 6) is 0.207. The summed E-state index contributed by atoms with van der Waals surface area (Å²) in [5.41, 5.74) is 3.38. The SMILES string of the molecule is CCOC(=O)C1=C(C)N=c2s/c(=C\c3ccc(N(C)C)c(Br)c3)c(=O)n2[C@@H]1c1ccc(OC)cc1. The molecule has 35 heavy (non-hydrogen) atoms. The second kappa shape index (κ2) is 10.2. The number of thiazole rings is 1. The maximum absolute atomic E-state index is 13.7. The first-order valence-corrected chi connectivity index (χ1v) is 12.7. The highest BCUT2D eigenvalue weighted by atomic mass is 79.9. The van der Waals surface area contributed by atoms with Crippen molar-refractivity contribution in [2.24, 2.45) is 4.99 Å². The molecule has 0 radical (unpaired) electrons. The fourth-order valence-corrected chi connectivity index (χ4v) is 5.82. The van der Waals surface area contributed by atoms with Crippen molar-refractivity contribution < 1.29 is 14.3 Å². The standard InChI is InChI=1S/C26H26BrN3O4S/c1-6-34-25(32)22-15(2)28-26-30(23(22)17-8-10-18(33-5)11-9-17)24(31)21(35-26)14-16-7-12-20(29(3)4)19(27)13-16/h7-14,23H,6H2,1-5H3/b21-14-/t23-/m1/s1. The van der Waals surface area contributed by atoms with Crippen molar-refractivity contribution >= 4 is 45.0 Å². The number of halogens is 1. The molecule has 9 heteroatoms. The van der Waals surface area contributed by atoms with Gasteiger partial charge in [0.25, 0.3) is 5.56 Å². The Morgan fingerprint density at radius 3 is 2.54 bits per heavy atom. The zero-order valence-corrected chi connectivity index (χ0v) is 22.6. The van der Waals surface area contributed by atoms with Crippen LogP contribution in [0.2, 0.25) is 0 Å². The molecule has 182 valence electrons. The molecule has 0 amide bonds. The molecule has 0 fully saturated rings. The largest absolute Gasteiger partial charge is 0.497 e. The van der Waals surface area contributed by atoms with Crippen LogP contribution >= 0.6 is 27.3 Å². The quantitative estimate of drug-likeness (QED) is 0.434. The molecule has 0 saturated heterocycles. The first kappa shape index (κ1) is 24.9. The second-order valence-electron chi connectivity index (χ2n) is 8.18. The maximum atomic E-state index is 13.7. The molecule has 4 rings (SSSR count). The highest BCUT2D eigenvalue weighted by Gasteiger charge is 2.33. The van der Waals surface area contributed by atoms with E-state index in [4.69, 9.17) is 9.47 Å². The lowest BCUT2D eigenvalue weighted by Crippen LogP contribution is -2.39. The average molecular weight is 556 g/mol. The van der Waals surface area contributed by atoms with Crippen LogP contribution in [0.3, 0.4) is 0 Å². The molecule has 3 aromatic rings. The van der Waals surface area contributed by atoms with Gasteiger partial charge in [0.15, 0.2) is 4.80 Å². The van der Waals surface area contributed by atoms with Gasteiger partial charge in [-0.1, -0.05) is 29.5 Å². The van der Waals surface area contributed by atoms with E-state index in [1.165, 1.54) is 11.3 Å². The van der Waals surface area contributed by atoms with Crippen LogP contribution in [0.5, 0.6) is 5.75 Å². The summed E-state index contributed by atoms with van der Waals surface area (Å²) in [6.07, 6.45) is 1.85. The predicted octanol–water partition coefficient (Wildman–Crippen LogP) is 3.64. The van der Waals surface area contributed by atoms with Gasteiger partial charge >= 0.3 is 5.97 Å². The van der Waals surface area contributed by atoms with Crippen molar-refractivity contribution in [1.29, 1.82) is 0 Å². The number of rotatable bonds is 6. The van der Waals surface area contributed by atoms with Crippen molar-refractivity contribution in [3.63, 3.8) is 0 Å². The number of allylic oxidation sites excluding steroid dienone is 1. The molecule has 1 aliphatic heterocycles. The highest BCUT2D eigenvalue weighted by molar-refractivity contribution is 9.10. The molecule has 1 aromatic heterocycles. The fraction of sp³-hybridized carbons (Fsp3) is 0.269. The molecular formula is C26H26BrN3O4S. The Kier molecular flexibility index (Phi) is 7.28. The predicted molar refractivity (Wildman–Crippen MR) is 142 cm³/mol. The van der Waals surface area contributed by atoms with Gasteiger partial charge < -0.3 is 14.4 Å². The van der Waals surface area contributed by atoms with Crippen molar-refractivity contribution in [2.75, 3.05) is 32.7 Å². The lowest BCUT2D eigenvalue weighted by molar-refractivity contribution is -0.139. The minimum atomic E-state index is -0.652. The van der Waals surface area contributed by atoms with Gasteiger partial charge in [-0.25, -0.2) is 9.79 Å². The normalized spacial score (nSPS) is 15.5. The minimum absolute atomic E-state index is 0.211. The summed E-state index contributed by atoms with van der Waals surface area (Å²) in [6, 6.07) is 12.6. The number of ether oxygens (including phenoxy) is 2. The van der Waals surface area contributed by atoms with Gasteiger partial charge in [0.2, 0.25) is 0 Å². The van der Waals surface area contributed by atoms with Crippen LogP contribution in [-0.4, -0.2) is 38.3 Å². The van der Waals surface area contributed by atoms with E-state index in [9.17, 15) is 9.59 Å². The van der Waals surface area contributed by atoms with Gasteiger partial charge in [0.05, 0.1) is 41.2 Å². The van der Waals surface area contributed by atoms with E-state index >= 15 is 0 Å². The molecule has 1 atom stereocenters. The van der Waals surface area contributed by atoms with Crippen LogP contribution in [0, 0.1) is 0 Å². The second-order valence-corrected chi connectivity index (χ2v) is 10.0. The zero-order chi connectivity index (χ0) is 25.3. The van der Waals surface area contributed by atoms with Crippen molar-refractivity contribution in [3.8, 4) is 5.75 Å². The van der Waals surface area contributed by atoms with Crippen molar-refractivity contribution in [1.82, 2.24) is 4.57 Å². The monoisotopic (exact) mass is 555 g/mol. The summed E-state index contributed by atoms with van der Waals surface area (Å²) >= 11 is 4.91. The number of nitrogens with zero attached hydrogens (tertiary/aromatic N) is 3. The maximum Gasteiger partial charge on any atom is 0.338 e. The van der Waals surface area contributed by atoms with Gasteiger partial charge in [-0.05, 0) is 71.2 Å². The Morgan fingerprint density at radius 1 is 1.23 bits per heavy atom. The summed E-state index contributed by atoms with van der Waals surface area (Å²) in [7, 11) is 5.54. The van der Waals surface area contributed by atoms with Gasteiger partial charge in [0.1, 0.15) is 5.75 Å². The lowest BCUT2D eigenvalue weighted by Gasteiger charge is -2.24. The van der Waals surface area contributed by atoms with Crippen molar-refractivity contribution in [2.45, 2.75) is 19.9 Å². The number of carbonyl (C=O) groups excluding carboxylic acids is 1. The Morgan fingerprint density at radius 2 is 1.94 bits per heavy atom. The smallest absolute Gasteiger partial charge is 0.338 e. The van der Waals surface area contributed by atoms with E-state index < -0.39 is 12.0 Å². The molecular weight excluding hydrogens is 530 g/mol.